The van der Waals surface area contributed by atoms with Gasteiger partial charge < -0.3 is 15.6 Å². The molecule has 4 unspecified atom stereocenters. The number of halogens is 1. The van der Waals surface area contributed by atoms with Crippen LogP contribution >= 0.6 is 11.6 Å². The number of rotatable bonds is 4. The topological polar surface area (TPSA) is 84.9 Å². The van der Waals surface area contributed by atoms with Gasteiger partial charge in [0.15, 0.2) is 11.6 Å². The first kappa shape index (κ1) is 17.4. The highest BCUT2D eigenvalue weighted by Gasteiger charge is 2.52. The summed E-state index contributed by atoms with van der Waals surface area (Å²) < 4.78 is 5.76. The Labute approximate surface area is 146 Å². The van der Waals surface area contributed by atoms with Crippen molar-refractivity contribution in [1.29, 1.82) is 0 Å². The fourth-order valence-corrected chi connectivity index (χ4v) is 3.78. The summed E-state index contributed by atoms with van der Waals surface area (Å²) in [4.78, 5) is 17.6. The Morgan fingerprint density at radius 1 is 1.42 bits per heavy atom. The van der Waals surface area contributed by atoms with Crippen LogP contribution in [-0.4, -0.2) is 35.0 Å². The lowest BCUT2D eigenvalue weighted by atomic mass is 9.73. The quantitative estimate of drug-likeness (QED) is 0.873. The Morgan fingerprint density at radius 3 is 2.79 bits per heavy atom. The molecule has 4 atom stereocenters. The predicted octanol–water partition coefficient (Wildman–Crippen LogP) is 2.43. The maximum atomic E-state index is 13.0. The van der Waals surface area contributed by atoms with Crippen LogP contribution in [0.1, 0.15) is 38.7 Å². The van der Waals surface area contributed by atoms with Gasteiger partial charge in [-0.2, -0.15) is 0 Å². The van der Waals surface area contributed by atoms with Crippen LogP contribution < -0.4 is 5.73 Å². The van der Waals surface area contributed by atoms with Crippen LogP contribution in [0.4, 0.5) is 0 Å². The molecule has 1 aliphatic carbocycles. The Kier molecular flexibility index (Phi) is 4.69. The van der Waals surface area contributed by atoms with Crippen molar-refractivity contribution in [3.63, 3.8) is 0 Å². The number of aliphatic hydroxyl groups excluding tert-OH is 1. The highest BCUT2D eigenvalue weighted by molar-refractivity contribution is 6.32. The molecule has 1 aromatic carbocycles. The number of benzene rings is 1. The minimum absolute atomic E-state index is 0.0416. The molecule has 0 spiro atoms. The third-order valence-corrected chi connectivity index (χ3v) is 5.25. The van der Waals surface area contributed by atoms with E-state index < -0.39 is 23.8 Å². The lowest BCUT2D eigenvalue weighted by Crippen LogP contribution is -2.56. The number of aliphatic imine (C=N–C) groups is 1. The van der Waals surface area contributed by atoms with Gasteiger partial charge in [-0.15, -0.1) is 0 Å². The van der Waals surface area contributed by atoms with Crippen LogP contribution in [0.2, 0.25) is 5.02 Å². The lowest BCUT2D eigenvalue weighted by Gasteiger charge is -2.42. The van der Waals surface area contributed by atoms with E-state index in [2.05, 4.69) is 4.99 Å². The molecule has 2 aliphatic rings. The van der Waals surface area contributed by atoms with E-state index in [0.717, 1.165) is 6.42 Å². The van der Waals surface area contributed by atoms with E-state index in [4.69, 9.17) is 22.1 Å². The molecule has 1 aromatic rings. The molecule has 0 saturated heterocycles. The number of aliphatic hydroxyl groups is 1. The number of carbonyl (C=O) groups excluding carboxylic acids is 1. The highest BCUT2D eigenvalue weighted by atomic mass is 35.5. The molecule has 24 heavy (non-hydrogen) atoms. The predicted molar refractivity (Wildman–Crippen MR) is 93.1 cm³/mol. The van der Waals surface area contributed by atoms with E-state index in [1.54, 1.807) is 6.07 Å². The number of nitrogens with zero attached hydrogens (tertiary/aromatic N) is 1. The average Bonchev–Trinajstić information content (AvgIpc) is 2.54. The summed E-state index contributed by atoms with van der Waals surface area (Å²) in [5.41, 5.74) is 5.80. The normalized spacial score (nSPS) is 29.0. The maximum absolute atomic E-state index is 13.0. The van der Waals surface area contributed by atoms with Crippen molar-refractivity contribution in [3.8, 4) is 0 Å². The monoisotopic (exact) mass is 350 g/mol. The van der Waals surface area contributed by atoms with Crippen molar-refractivity contribution >= 4 is 23.3 Å². The van der Waals surface area contributed by atoms with E-state index in [-0.39, 0.29) is 17.6 Å². The van der Waals surface area contributed by atoms with Crippen molar-refractivity contribution in [2.24, 2.45) is 16.6 Å². The van der Waals surface area contributed by atoms with E-state index in [0.29, 0.717) is 23.4 Å². The Bertz CT molecular complexity index is 676. The van der Waals surface area contributed by atoms with Crippen LogP contribution in [0.15, 0.2) is 29.3 Å². The van der Waals surface area contributed by atoms with Gasteiger partial charge in [0.25, 0.3) is 0 Å². The van der Waals surface area contributed by atoms with E-state index in [9.17, 15) is 9.90 Å². The summed E-state index contributed by atoms with van der Waals surface area (Å²) in [7, 11) is 0. The largest absolute Gasteiger partial charge is 0.468 e. The maximum Gasteiger partial charge on any atom is 0.205 e. The van der Waals surface area contributed by atoms with Crippen molar-refractivity contribution in [2.75, 3.05) is 0 Å². The molecule has 6 heteroatoms. The van der Waals surface area contributed by atoms with Gasteiger partial charge in [0.2, 0.25) is 11.7 Å². The summed E-state index contributed by atoms with van der Waals surface area (Å²) in [6.07, 6.45) is 0.659. The van der Waals surface area contributed by atoms with Crippen molar-refractivity contribution in [2.45, 2.75) is 56.9 Å². The smallest absolute Gasteiger partial charge is 0.205 e. The molecule has 2 bridgehead atoms. The molecule has 3 rings (SSSR count). The molecule has 0 amide bonds. The standard InChI is InChI=1S/C18H23ClN2O3/c1-10(2)15(22)14(20)17-21-18(11-6-3-4-7-12(11)19)9-5-8-13(24-17)16(18)23/h3-4,6-7,10,13-15,22H,5,8-9,20H2,1-2H3. The molecular formula is C18H23ClN2O3. The second-order valence-electron chi connectivity index (χ2n) is 6.91. The van der Waals surface area contributed by atoms with Crippen LogP contribution in [0.25, 0.3) is 0 Å². The first-order chi connectivity index (χ1) is 11.4. The Balaban J connectivity index is 2.09. The number of ketones is 1. The number of carbonyl (C=O) groups is 1. The van der Waals surface area contributed by atoms with Crippen molar-refractivity contribution < 1.29 is 14.6 Å². The van der Waals surface area contributed by atoms with E-state index in [1.807, 2.05) is 32.0 Å². The van der Waals surface area contributed by atoms with Gasteiger partial charge in [-0.25, -0.2) is 4.99 Å². The third kappa shape index (κ3) is 2.75. The number of hydrogen-bond donors (Lipinski definition) is 2. The van der Waals surface area contributed by atoms with Gasteiger partial charge in [-0.1, -0.05) is 43.6 Å². The molecule has 1 fully saturated rings. The fraction of sp³-hybridized carbons (Fsp3) is 0.556. The SMILES string of the molecule is CC(C)C(O)C(N)C1=NC2(c3ccccc3Cl)CCCC(O1)C2=O. The zero-order valence-electron chi connectivity index (χ0n) is 13.9. The van der Waals surface area contributed by atoms with Crippen LogP contribution in [0.5, 0.6) is 0 Å². The van der Waals surface area contributed by atoms with Gasteiger partial charge in [0.1, 0.15) is 6.04 Å². The van der Waals surface area contributed by atoms with Gasteiger partial charge in [-0.3, -0.25) is 4.79 Å². The molecule has 130 valence electrons. The molecule has 0 aromatic heterocycles. The molecular weight excluding hydrogens is 328 g/mol. The number of nitrogens with two attached hydrogens (primary N) is 1. The van der Waals surface area contributed by atoms with Crippen LogP contribution in [0.3, 0.4) is 0 Å². The van der Waals surface area contributed by atoms with Crippen molar-refractivity contribution in [1.82, 2.24) is 0 Å². The minimum atomic E-state index is -1.05. The molecule has 0 radical (unpaired) electrons. The summed E-state index contributed by atoms with van der Waals surface area (Å²) in [5.74, 6) is 0.136. The lowest BCUT2D eigenvalue weighted by molar-refractivity contribution is -0.137. The minimum Gasteiger partial charge on any atom is -0.468 e. The number of ether oxygens (including phenoxy) is 1. The average molecular weight is 351 g/mol. The molecule has 3 N–H and O–H groups in total. The van der Waals surface area contributed by atoms with Gasteiger partial charge in [0.05, 0.1) is 6.10 Å². The first-order valence-corrected chi connectivity index (χ1v) is 8.74. The number of fused-ring (bicyclic) bond motifs is 2. The number of hydrogen-bond acceptors (Lipinski definition) is 5. The summed E-state index contributed by atoms with van der Waals surface area (Å²) in [6, 6.07) is 6.50. The van der Waals surface area contributed by atoms with Gasteiger partial charge in [-0.05, 0) is 31.2 Å². The van der Waals surface area contributed by atoms with Crippen LogP contribution in [0, 0.1) is 5.92 Å². The second kappa shape index (κ2) is 6.47. The van der Waals surface area contributed by atoms with E-state index >= 15 is 0 Å². The zero-order valence-corrected chi connectivity index (χ0v) is 14.7. The zero-order chi connectivity index (χ0) is 17.5. The number of Topliss-reactive ketones (excluding diaryl/α,β-unsaturated/α-hetero) is 1. The van der Waals surface area contributed by atoms with Crippen molar-refractivity contribution in [3.05, 3.63) is 34.9 Å². The summed E-state index contributed by atoms with van der Waals surface area (Å²) in [6.45, 7) is 3.76. The van der Waals surface area contributed by atoms with Gasteiger partial charge >= 0.3 is 0 Å². The molecule has 1 heterocycles. The molecule has 1 saturated carbocycles. The Hall–Kier alpha value is -1.43. The fourth-order valence-electron chi connectivity index (χ4n) is 3.49. The van der Waals surface area contributed by atoms with Crippen LogP contribution in [-0.2, 0) is 15.1 Å². The molecule has 5 nitrogen and oxygen atoms in total. The second-order valence-corrected chi connectivity index (χ2v) is 7.32. The third-order valence-electron chi connectivity index (χ3n) is 4.92. The highest BCUT2D eigenvalue weighted by Crippen LogP contribution is 2.44. The first-order valence-electron chi connectivity index (χ1n) is 8.36. The van der Waals surface area contributed by atoms with Gasteiger partial charge in [0, 0.05) is 10.6 Å². The molecule has 1 aliphatic heterocycles. The summed E-state index contributed by atoms with van der Waals surface area (Å²) in [5, 5.41) is 10.8. The Morgan fingerprint density at radius 2 is 2.12 bits per heavy atom. The summed E-state index contributed by atoms with van der Waals surface area (Å²) >= 11 is 6.36. The van der Waals surface area contributed by atoms with E-state index in [1.165, 1.54) is 0 Å².